The molecule has 2 heterocycles. The van der Waals surface area contributed by atoms with E-state index in [4.69, 9.17) is 5.26 Å². The molecule has 0 amide bonds. The first-order valence-electron chi connectivity index (χ1n) is 13.1. The molecule has 1 aliphatic heterocycles. The molecule has 0 atom stereocenters. The first-order valence-corrected chi connectivity index (χ1v) is 13.9. The Labute approximate surface area is 237 Å². The van der Waals surface area contributed by atoms with Crippen LogP contribution in [0.1, 0.15) is 30.5 Å². The highest BCUT2D eigenvalue weighted by Gasteiger charge is 2.23. The number of carbonyl (C=O) groups is 1. The molecule has 1 aromatic heterocycles. The summed E-state index contributed by atoms with van der Waals surface area (Å²) in [6, 6.07) is 28.7. The van der Waals surface area contributed by atoms with Crippen LogP contribution in [0.4, 0.5) is 11.4 Å². The molecule has 0 fully saturated rings. The van der Waals surface area contributed by atoms with E-state index >= 15 is 0 Å². The van der Waals surface area contributed by atoms with Gasteiger partial charge in [-0.3, -0.25) is 0 Å². The maximum absolute atomic E-state index is 11.3. The van der Waals surface area contributed by atoms with Crippen molar-refractivity contribution in [2.24, 2.45) is 0 Å². The highest BCUT2D eigenvalue weighted by Crippen LogP contribution is 2.48. The Morgan fingerprint density at radius 3 is 2.25 bits per heavy atom. The summed E-state index contributed by atoms with van der Waals surface area (Å²) in [7, 11) is 0. The first-order chi connectivity index (χ1) is 19.5. The van der Waals surface area contributed by atoms with E-state index in [0.29, 0.717) is 5.56 Å². The van der Waals surface area contributed by atoms with Gasteiger partial charge in [0.1, 0.15) is 11.6 Å². The molecule has 0 spiro atoms. The van der Waals surface area contributed by atoms with Gasteiger partial charge in [-0.1, -0.05) is 47.9 Å². The second-order valence-corrected chi connectivity index (χ2v) is 10.6. The van der Waals surface area contributed by atoms with E-state index in [1.54, 1.807) is 17.8 Å². The number of nitrogens with zero attached hydrogens (tertiary/aromatic N) is 3. The van der Waals surface area contributed by atoms with Crippen LogP contribution in [-0.2, 0) is 11.3 Å². The monoisotopic (exact) mass is 539 g/mol. The average molecular weight is 540 g/mol. The molecule has 4 aromatic carbocycles. The molecule has 6 rings (SSSR count). The number of benzene rings is 4. The van der Waals surface area contributed by atoms with E-state index in [9.17, 15) is 9.90 Å². The summed E-state index contributed by atoms with van der Waals surface area (Å²) in [6.45, 7) is 5.97. The summed E-state index contributed by atoms with van der Waals surface area (Å²) in [6.07, 6.45) is 1.41. The third kappa shape index (κ3) is 4.39. The van der Waals surface area contributed by atoms with Gasteiger partial charge in [0.15, 0.2) is 0 Å². The number of aliphatic carboxylic acids is 1. The largest absolute Gasteiger partial charge is 0.477 e. The number of nitriles is 1. The summed E-state index contributed by atoms with van der Waals surface area (Å²) in [5, 5.41) is 20.9. The fourth-order valence-corrected chi connectivity index (χ4v) is 6.52. The summed E-state index contributed by atoms with van der Waals surface area (Å²) in [4.78, 5) is 15.6. The number of rotatable bonds is 4. The summed E-state index contributed by atoms with van der Waals surface area (Å²) >= 11 is 1.63. The standard InChI is InChI=1S/C34H25N3O2S/c1-3-36-28-8-6-5-7-26(28)27-18-22(11-14-29(27)36)9-10-23-12-15-30-32(19-23)40-33-20-24(17-25(21-35)34(38)39)13-16-31(33)37(30)4-2/h5-8,11-20H,3-4H2,1-2H3,(H,38,39)/b25-17-. The first kappa shape index (κ1) is 25.4. The van der Waals surface area contributed by atoms with Crippen molar-refractivity contribution in [1.82, 2.24) is 4.57 Å². The lowest BCUT2D eigenvalue weighted by Gasteiger charge is -2.32. The van der Waals surface area contributed by atoms with Crippen LogP contribution in [0.2, 0.25) is 0 Å². The molecular formula is C34H25N3O2S. The minimum absolute atomic E-state index is 0.288. The Balaban J connectivity index is 1.35. The zero-order chi connectivity index (χ0) is 27.8. The lowest BCUT2D eigenvalue weighted by molar-refractivity contribution is -0.132. The number of aryl methyl sites for hydroxylation is 1. The average Bonchev–Trinajstić information content (AvgIpc) is 3.30. The van der Waals surface area contributed by atoms with Crippen molar-refractivity contribution >= 4 is 57.0 Å². The third-order valence-electron chi connectivity index (χ3n) is 7.16. The molecular weight excluding hydrogens is 514 g/mol. The van der Waals surface area contributed by atoms with Crippen LogP contribution >= 0.6 is 11.8 Å². The van der Waals surface area contributed by atoms with E-state index < -0.39 is 5.97 Å². The Kier molecular flexibility index (Phi) is 6.56. The Morgan fingerprint density at radius 1 is 0.850 bits per heavy atom. The third-order valence-corrected chi connectivity index (χ3v) is 8.26. The van der Waals surface area contributed by atoms with Gasteiger partial charge >= 0.3 is 5.97 Å². The molecule has 0 aliphatic carbocycles. The maximum Gasteiger partial charge on any atom is 0.346 e. The fourth-order valence-electron chi connectivity index (χ4n) is 5.34. The van der Waals surface area contributed by atoms with Crippen LogP contribution in [0.5, 0.6) is 0 Å². The van der Waals surface area contributed by atoms with Crippen LogP contribution in [0.3, 0.4) is 0 Å². The number of fused-ring (bicyclic) bond motifs is 5. The van der Waals surface area contributed by atoms with E-state index in [1.807, 2.05) is 18.2 Å². The van der Waals surface area contributed by atoms with Crippen molar-refractivity contribution in [3.05, 3.63) is 101 Å². The Bertz CT molecular complexity index is 1970. The van der Waals surface area contributed by atoms with Crippen LogP contribution in [0.15, 0.2) is 94.2 Å². The number of aromatic nitrogens is 1. The molecule has 0 radical (unpaired) electrons. The molecule has 0 unspecified atom stereocenters. The highest BCUT2D eigenvalue weighted by molar-refractivity contribution is 7.99. The van der Waals surface area contributed by atoms with E-state index in [1.165, 1.54) is 27.9 Å². The van der Waals surface area contributed by atoms with E-state index in [2.05, 4.69) is 95.8 Å². The van der Waals surface area contributed by atoms with Gasteiger partial charge in [-0.05, 0) is 80.1 Å². The molecule has 0 saturated carbocycles. The van der Waals surface area contributed by atoms with Crippen LogP contribution in [0.25, 0.3) is 27.9 Å². The number of para-hydroxylation sites is 1. The van der Waals surface area contributed by atoms with Crippen molar-refractivity contribution in [2.75, 3.05) is 11.4 Å². The van der Waals surface area contributed by atoms with Crippen LogP contribution < -0.4 is 4.90 Å². The van der Waals surface area contributed by atoms with Gasteiger partial charge < -0.3 is 14.6 Å². The van der Waals surface area contributed by atoms with Crippen molar-refractivity contribution in [3.63, 3.8) is 0 Å². The van der Waals surface area contributed by atoms with Gasteiger partial charge in [0.2, 0.25) is 0 Å². The van der Waals surface area contributed by atoms with Gasteiger partial charge in [-0.2, -0.15) is 5.26 Å². The molecule has 1 aliphatic rings. The van der Waals surface area contributed by atoms with Gasteiger partial charge in [0.25, 0.3) is 0 Å². The topological polar surface area (TPSA) is 69.3 Å². The van der Waals surface area contributed by atoms with Crippen LogP contribution in [-0.4, -0.2) is 22.2 Å². The summed E-state index contributed by atoms with van der Waals surface area (Å²) in [5.41, 5.74) is 6.93. The molecule has 194 valence electrons. The second-order valence-electron chi connectivity index (χ2n) is 9.47. The van der Waals surface area contributed by atoms with E-state index in [-0.39, 0.29) is 5.57 Å². The fraction of sp³-hybridized carbons (Fsp3) is 0.118. The summed E-state index contributed by atoms with van der Waals surface area (Å²) < 4.78 is 2.34. The zero-order valence-electron chi connectivity index (χ0n) is 22.1. The molecule has 5 nitrogen and oxygen atoms in total. The lowest BCUT2D eigenvalue weighted by Crippen LogP contribution is -2.20. The van der Waals surface area contributed by atoms with Gasteiger partial charge in [-0.15, -0.1) is 0 Å². The minimum atomic E-state index is -1.23. The summed E-state index contributed by atoms with van der Waals surface area (Å²) in [5.74, 6) is 5.50. The number of anilines is 2. The lowest BCUT2D eigenvalue weighted by atomic mass is 10.1. The zero-order valence-corrected chi connectivity index (χ0v) is 22.9. The SMILES string of the molecule is CCN1c2ccc(C#Cc3ccc4c(c3)c3ccccc3n4CC)cc2Sc2cc(/C=C(/C#N)C(=O)O)ccc21. The number of carboxylic acids is 1. The van der Waals surface area contributed by atoms with E-state index in [0.717, 1.165) is 45.4 Å². The smallest absolute Gasteiger partial charge is 0.346 e. The molecule has 0 bridgehead atoms. The van der Waals surface area contributed by atoms with Gasteiger partial charge in [0, 0.05) is 55.8 Å². The van der Waals surface area contributed by atoms with Crippen LogP contribution in [0, 0.1) is 23.2 Å². The molecule has 6 heteroatoms. The van der Waals surface area contributed by atoms with Gasteiger partial charge in [0.05, 0.1) is 11.4 Å². The molecule has 5 aromatic rings. The highest BCUT2D eigenvalue weighted by atomic mass is 32.2. The quantitative estimate of drug-likeness (QED) is 0.143. The van der Waals surface area contributed by atoms with Crippen molar-refractivity contribution in [1.29, 1.82) is 5.26 Å². The second kappa shape index (κ2) is 10.3. The minimum Gasteiger partial charge on any atom is -0.477 e. The molecule has 40 heavy (non-hydrogen) atoms. The predicted octanol–water partition coefficient (Wildman–Crippen LogP) is 7.83. The van der Waals surface area contributed by atoms with Gasteiger partial charge in [-0.25, -0.2) is 4.79 Å². The van der Waals surface area contributed by atoms with Crippen molar-refractivity contribution in [3.8, 4) is 17.9 Å². The molecule has 0 saturated heterocycles. The maximum atomic E-state index is 11.3. The number of hydrogen-bond donors (Lipinski definition) is 1. The predicted molar refractivity (Wildman–Crippen MR) is 162 cm³/mol. The normalized spacial score (nSPS) is 12.4. The molecule has 1 N–H and O–H groups in total. The number of hydrogen-bond acceptors (Lipinski definition) is 4. The Morgan fingerprint density at radius 2 is 1.52 bits per heavy atom. The Hall–Kier alpha value is -4.91. The van der Waals surface area contributed by atoms with Crippen molar-refractivity contribution < 1.29 is 9.90 Å². The number of carboxylic acid groups (broad SMARTS) is 1. The van der Waals surface area contributed by atoms with Crippen molar-refractivity contribution in [2.45, 2.75) is 30.2 Å².